The van der Waals surface area contributed by atoms with Gasteiger partial charge in [0.05, 0.1) is 11.8 Å². The Hall–Kier alpha value is -0.900. The molecule has 0 bridgehead atoms. The quantitative estimate of drug-likeness (QED) is 0.578. The normalized spacial score (nSPS) is 32.6. The number of hydrazine groups is 1. The zero-order chi connectivity index (χ0) is 10.3. The second kappa shape index (κ2) is 3.35. The molecule has 1 aliphatic heterocycles. The van der Waals surface area contributed by atoms with Gasteiger partial charge in [-0.3, -0.25) is 9.59 Å². The molecule has 0 spiro atoms. The number of amides is 2. The molecule has 1 aliphatic carbocycles. The molecule has 4 heteroatoms. The first-order valence-electron chi connectivity index (χ1n) is 5.18. The van der Waals surface area contributed by atoms with E-state index >= 15 is 0 Å². The number of rotatable bonds is 1. The zero-order valence-corrected chi connectivity index (χ0v) is 8.69. The summed E-state index contributed by atoms with van der Waals surface area (Å²) in [4.78, 5) is 23.7. The number of carbonyl (C=O) groups excluding carboxylic acids is 2. The molecule has 0 unspecified atom stereocenters. The number of carbonyl (C=O) groups is 2. The molecule has 78 valence electrons. The van der Waals surface area contributed by atoms with E-state index in [0.29, 0.717) is 0 Å². The maximum atomic E-state index is 11.9. The fraction of sp³-hybridized carbons (Fsp3) is 0.800. The van der Waals surface area contributed by atoms with Crippen LogP contribution in [0.2, 0.25) is 0 Å². The average molecular weight is 196 g/mol. The minimum Gasteiger partial charge on any atom is -0.273 e. The van der Waals surface area contributed by atoms with E-state index < -0.39 is 0 Å². The molecule has 2 aliphatic rings. The molecule has 0 aromatic rings. The predicted molar refractivity (Wildman–Crippen MR) is 51.0 cm³/mol. The lowest BCUT2D eigenvalue weighted by atomic mass is 9.81. The molecule has 1 saturated heterocycles. The van der Waals surface area contributed by atoms with Gasteiger partial charge in [0.2, 0.25) is 11.8 Å². The predicted octanol–water partition coefficient (Wildman–Crippen LogP) is 0.638. The van der Waals surface area contributed by atoms with Crippen LogP contribution in [0.3, 0.4) is 0 Å². The van der Waals surface area contributed by atoms with Gasteiger partial charge in [-0.1, -0.05) is 12.8 Å². The second-order valence-electron chi connectivity index (χ2n) is 4.33. The molecule has 0 aromatic heterocycles. The molecule has 0 N–H and O–H groups in total. The monoisotopic (exact) mass is 196 g/mol. The molecular formula is C10H16N2O2. The van der Waals surface area contributed by atoms with Crippen molar-refractivity contribution < 1.29 is 9.59 Å². The van der Waals surface area contributed by atoms with Crippen molar-refractivity contribution in [3.8, 4) is 0 Å². The third-order valence-electron chi connectivity index (χ3n) is 3.22. The summed E-state index contributed by atoms with van der Waals surface area (Å²) in [7, 11) is 3.49. The number of imide groups is 1. The van der Waals surface area contributed by atoms with E-state index in [0.717, 1.165) is 25.7 Å². The first kappa shape index (κ1) is 9.65. The fourth-order valence-electron chi connectivity index (χ4n) is 2.54. The highest BCUT2D eigenvalue weighted by Crippen LogP contribution is 2.38. The maximum Gasteiger partial charge on any atom is 0.247 e. The van der Waals surface area contributed by atoms with Gasteiger partial charge < -0.3 is 0 Å². The Balaban J connectivity index is 2.24. The summed E-state index contributed by atoms with van der Waals surface area (Å²) in [5, 5.41) is 2.91. The molecule has 0 radical (unpaired) electrons. The van der Waals surface area contributed by atoms with E-state index in [9.17, 15) is 9.59 Å². The van der Waals surface area contributed by atoms with Crippen molar-refractivity contribution in [2.45, 2.75) is 25.7 Å². The van der Waals surface area contributed by atoms with Crippen LogP contribution in [0, 0.1) is 11.8 Å². The summed E-state index contributed by atoms with van der Waals surface area (Å²) in [6.07, 6.45) is 3.95. The van der Waals surface area contributed by atoms with Crippen LogP contribution in [0.4, 0.5) is 0 Å². The largest absolute Gasteiger partial charge is 0.273 e. The molecule has 0 aromatic carbocycles. The summed E-state index contributed by atoms with van der Waals surface area (Å²) in [5.41, 5.74) is 0. The number of hydrogen-bond donors (Lipinski definition) is 0. The molecule has 1 heterocycles. The summed E-state index contributed by atoms with van der Waals surface area (Å²) >= 11 is 0. The molecule has 2 rings (SSSR count). The summed E-state index contributed by atoms with van der Waals surface area (Å²) in [6.45, 7) is 0. The van der Waals surface area contributed by atoms with E-state index in [4.69, 9.17) is 0 Å². The first-order valence-corrected chi connectivity index (χ1v) is 5.18. The highest BCUT2D eigenvalue weighted by molar-refractivity contribution is 6.04. The minimum atomic E-state index is -0.0290. The van der Waals surface area contributed by atoms with Crippen molar-refractivity contribution >= 4 is 11.8 Å². The van der Waals surface area contributed by atoms with Gasteiger partial charge in [-0.25, -0.2) is 10.0 Å². The van der Waals surface area contributed by atoms with Gasteiger partial charge in [-0.15, -0.1) is 0 Å². The van der Waals surface area contributed by atoms with Crippen molar-refractivity contribution in [2.24, 2.45) is 11.8 Å². The summed E-state index contributed by atoms with van der Waals surface area (Å²) < 4.78 is 0. The lowest BCUT2D eigenvalue weighted by Crippen LogP contribution is -2.42. The Bertz CT molecular complexity index is 251. The topological polar surface area (TPSA) is 40.6 Å². The Morgan fingerprint density at radius 2 is 1.50 bits per heavy atom. The number of hydrogen-bond acceptors (Lipinski definition) is 3. The third-order valence-corrected chi connectivity index (χ3v) is 3.22. The van der Waals surface area contributed by atoms with Gasteiger partial charge in [-0.05, 0) is 12.8 Å². The average Bonchev–Trinajstić information content (AvgIpc) is 2.41. The molecule has 1 saturated carbocycles. The lowest BCUT2D eigenvalue weighted by molar-refractivity contribution is -0.154. The standard InChI is InChI=1S/C10H16N2O2/c1-11(2)12-9(13)7-5-3-4-6-8(7)10(12)14/h7-8H,3-6H2,1-2H3/t7-,8-/m1/s1. The van der Waals surface area contributed by atoms with E-state index in [2.05, 4.69) is 0 Å². The molecule has 2 amide bonds. The Labute approximate surface area is 83.8 Å². The molecule has 2 fully saturated rings. The van der Waals surface area contributed by atoms with Crippen molar-refractivity contribution in [2.75, 3.05) is 14.1 Å². The van der Waals surface area contributed by atoms with Gasteiger partial charge in [0.15, 0.2) is 0 Å². The van der Waals surface area contributed by atoms with Crippen LogP contribution in [-0.2, 0) is 9.59 Å². The van der Waals surface area contributed by atoms with Gasteiger partial charge in [0.25, 0.3) is 0 Å². The number of nitrogens with zero attached hydrogens (tertiary/aromatic N) is 2. The summed E-state index contributed by atoms with van der Waals surface area (Å²) in [5.74, 6) is -0.0494. The van der Waals surface area contributed by atoms with Crippen LogP contribution in [0.1, 0.15) is 25.7 Å². The van der Waals surface area contributed by atoms with Crippen molar-refractivity contribution in [3.63, 3.8) is 0 Å². The zero-order valence-electron chi connectivity index (χ0n) is 8.69. The van der Waals surface area contributed by atoms with Gasteiger partial charge >= 0.3 is 0 Å². The van der Waals surface area contributed by atoms with Gasteiger partial charge in [0, 0.05) is 14.1 Å². The number of fused-ring (bicyclic) bond motifs is 1. The first-order chi connectivity index (χ1) is 6.63. The highest BCUT2D eigenvalue weighted by atomic mass is 16.2. The lowest BCUT2D eigenvalue weighted by Gasteiger charge is -2.21. The van der Waals surface area contributed by atoms with Crippen LogP contribution in [0.5, 0.6) is 0 Å². The Kier molecular flexibility index (Phi) is 2.31. The molecule has 4 nitrogen and oxygen atoms in total. The van der Waals surface area contributed by atoms with Gasteiger partial charge in [0.1, 0.15) is 0 Å². The van der Waals surface area contributed by atoms with Crippen molar-refractivity contribution in [1.82, 2.24) is 10.0 Å². The fourth-order valence-corrected chi connectivity index (χ4v) is 2.54. The van der Waals surface area contributed by atoms with Gasteiger partial charge in [-0.2, -0.15) is 0 Å². The molecule has 2 atom stereocenters. The van der Waals surface area contributed by atoms with E-state index in [-0.39, 0.29) is 23.7 Å². The highest BCUT2D eigenvalue weighted by Gasteiger charge is 2.49. The maximum absolute atomic E-state index is 11.9. The smallest absolute Gasteiger partial charge is 0.247 e. The molecular weight excluding hydrogens is 180 g/mol. The SMILES string of the molecule is CN(C)N1C(=O)[C@@H]2CCCC[C@H]2C1=O. The van der Waals surface area contributed by atoms with E-state index in [1.165, 1.54) is 5.01 Å². The van der Waals surface area contributed by atoms with Crippen molar-refractivity contribution in [1.29, 1.82) is 0 Å². The van der Waals surface area contributed by atoms with Crippen LogP contribution in [0.15, 0.2) is 0 Å². The van der Waals surface area contributed by atoms with Crippen LogP contribution >= 0.6 is 0 Å². The van der Waals surface area contributed by atoms with Crippen LogP contribution in [-0.4, -0.2) is 35.9 Å². The van der Waals surface area contributed by atoms with E-state index in [1.54, 1.807) is 19.1 Å². The van der Waals surface area contributed by atoms with Crippen LogP contribution in [0.25, 0.3) is 0 Å². The van der Waals surface area contributed by atoms with Crippen molar-refractivity contribution in [3.05, 3.63) is 0 Å². The van der Waals surface area contributed by atoms with E-state index in [1.807, 2.05) is 0 Å². The summed E-state index contributed by atoms with van der Waals surface area (Å²) in [6, 6.07) is 0. The minimum absolute atomic E-state index is 0.00435. The molecule has 14 heavy (non-hydrogen) atoms. The Morgan fingerprint density at radius 3 is 1.86 bits per heavy atom. The van der Waals surface area contributed by atoms with Crippen LogP contribution < -0.4 is 0 Å². The Morgan fingerprint density at radius 1 is 1.07 bits per heavy atom. The third kappa shape index (κ3) is 1.25. The second-order valence-corrected chi connectivity index (χ2v) is 4.33.